The number of thiazole rings is 1. The Labute approximate surface area is 199 Å². The van der Waals surface area contributed by atoms with Crippen LogP contribution in [0.15, 0.2) is 28.0 Å². The van der Waals surface area contributed by atoms with Gasteiger partial charge in [0.15, 0.2) is 12.3 Å². The molecule has 2 aromatic rings. The van der Waals surface area contributed by atoms with E-state index in [1.54, 1.807) is 26.8 Å². The molecule has 174 valence electrons. The molecule has 3 aliphatic heterocycles. The molecule has 1 aromatic heterocycles. The fourth-order valence-corrected chi connectivity index (χ4v) is 5.91. The second-order valence-electron chi connectivity index (χ2n) is 8.17. The predicted molar refractivity (Wildman–Crippen MR) is 128 cm³/mol. The van der Waals surface area contributed by atoms with E-state index in [1.165, 1.54) is 16.0 Å². The first-order valence-corrected chi connectivity index (χ1v) is 12.4. The number of carbonyl (C=O) groups excluding carboxylic acids is 2. The van der Waals surface area contributed by atoms with Gasteiger partial charge in [-0.1, -0.05) is 36.3 Å². The zero-order valence-corrected chi connectivity index (χ0v) is 20.2. The third kappa shape index (κ3) is 3.18. The van der Waals surface area contributed by atoms with Gasteiger partial charge in [-0.3, -0.25) is 24.8 Å². The summed E-state index contributed by atoms with van der Waals surface area (Å²) in [6.45, 7) is 7.45. The molecule has 0 saturated carbocycles. The van der Waals surface area contributed by atoms with Crippen molar-refractivity contribution in [2.75, 3.05) is 30.0 Å². The van der Waals surface area contributed by atoms with Crippen molar-refractivity contribution in [3.8, 4) is 0 Å². The highest BCUT2D eigenvalue weighted by Crippen LogP contribution is 2.37. The van der Waals surface area contributed by atoms with Gasteiger partial charge in [0.2, 0.25) is 4.80 Å². The number of likely N-dealkylation sites (N-methyl/N-ethyl adjacent to an activating group) is 2. The van der Waals surface area contributed by atoms with Crippen molar-refractivity contribution in [1.82, 2.24) is 14.5 Å². The van der Waals surface area contributed by atoms with Crippen LogP contribution in [0.3, 0.4) is 0 Å². The summed E-state index contributed by atoms with van der Waals surface area (Å²) in [6, 6.07) is 5.23. The van der Waals surface area contributed by atoms with Gasteiger partial charge < -0.3 is 4.90 Å². The van der Waals surface area contributed by atoms with E-state index in [4.69, 9.17) is 16.6 Å². The first-order valence-electron chi connectivity index (χ1n) is 11.2. The van der Waals surface area contributed by atoms with E-state index in [9.17, 15) is 14.4 Å². The Balaban J connectivity index is 1.70. The maximum atomic E-state index is 13.5. The molecule has 4 heterocycles. The number of aromatic nitrogens is 1. The van der Waals surface area contributed by atoms with Crippen LogP contribution < -0.4 is 25.2 Å². The number of urea groups is 1. The van der Waals surface area contributed by atoms with Crippen LogP contribution in [0.25, 0.3) is 5.57 Å². The minimum absolute atomic E-state index is 0.106. The Morgan fingerprint density at radius 3 is 2.58 bits per heavy atom. The maximum Gasteiger partial charge on any atom is 0.323 e. The summed E-state index contributed by atoms with van der Waals surface area (Å²) in [4.78, 5) is 49.9. The Bertz CT molecular complexity index is 1330. The third-order valence-electron chi connectivity index (χ3n) is 6.34. The highest BCUT2D eigenvalue weighted by atomic mass is 35.5. The summed E-state index contributed by atoms with van der Waals surface area (Å²) in [5.41, 5.74) is 4.63. The van der Waals surface area contributed by atoms with Crippen LogP contribution >= 0.6 is 22.9 Å². The van der Waals surface area contributed by atoms with Gasteiger partial charge in [0.1, 0.15) is 4.53 Å². The summed E-state index contributed by atoms with van der Waals surface area (Å²) >= 11 is 7.43. The van der Waals surface area contributed by atoms with Gasteiger partial charge in [0.25, 0.3) is 11.5 Å². The van der Waals surface area contributed by atoms with Gasteiger partial charge in [0.05, 0.1) is 11.3 Å². The molecule has 0 aliphatic carbocycles. The fourth-order valence-electron chi connectivity index (χ4n) is 4.69. The molecule has 2 atom stereocenters. The van der Waals surface area contributed by atoms with Crippen LogP contribution in [-0.2, 0) is 4.79 Å². The van der Waals surface area contributed by atoms with Crippen molar-refractivity contribution in [3.05, 3.63) is 48.5 Å². The largest absolute Gasteiger partial charge is 0.323 e. The molecule has 3 aliphatic rings. The van der Waals surface area contributed by atoms with E-state index in [0.717, 1.165) is 18.5 Å². The zero-order chi connectivity index (χ0) is 23.4. The summed E-state index contributed by atoms with van der Waals surface area (Å²) in [5, 5.41) is 0.505. The van der Waals surface area contributed by atoms with E-state index < -0.39 is 12.3 Å². The Kier molecular flexibility index (Phi) is 5.44. The van der Waals surface area contributed by atoms with Gasteiger partial charge in [0, 0.05) is 30.2 Å². The topological polar surface area (TPSA) is 90.2 Å². The lowest BCUT2D eigenvalue weighted by Crippen LogP contribution is -2.55. The molecule has 0 radical (unpaired) electrons. The number of benzene rings is 1. The third-order valence-corrected chi connectivity index (χ3v) is 7.62. The predicted octanol–water partition coefficient (Wildman–Crippen LogP) is 1.52. The van der Waals surface area contributed by atoms with E-state index in [0.29, 0.717) is 45.1 Å². The lowest BCUT2D eigenvalue weighted by atomic mass is 10.1. The molecule has 0 spiro atoms. The average Bonchev–Trinajstić information content (AvgIpc) is 3.36. The normalized spacial score (nSPS) is 22.8. The minimum Gasteiger partial charge on any atom is -0.308 e. The molecule has 5 rings (SSSR count). The Morgan fingerprint density at radius 2 is 1.88 bits per heavy atom. The van der Waals surface area contributed by atoms with Gasteiger partial charge in [-0.25, -0.2) is 9.79 Å². The number of carbonyl (C=O) groups is 2. The van der Waals surface area contributed by atoms with Crippen molar-refractivity contribution < 1.29 is 9.59 Å². The summed E-state index contributed by atoms with van der Waals surface area (Å²) in [6.07, 6.45) is 0.932. The monoisotopic (exact) mass is 488 g/mol. The fraction of sp³-hybridized carbons (Fsp3) is 0.455. The number of unbranched alkanes of at least 4 members (excludes halogenated alkanes) is 1. The van der Waals surface area contributed by atoms with Crippen LogP contribution in [0.5, 0.6) is 0 Å². The molecule has 2 unspecified atom stereocenters. The SMILES string of the molecule is CCCCN1C(=O)/C(=c2\sc3n(c2=O)NC2C(N=3)N(CC)C(=O)N2CC)c2cc(Cl)ccc21. The van der Waals surface area contributed by atoms with Crippen molar-refractivity contribution in [2.24, 2.45) is 4.99 Å². The van der Waals surface area contributed by atoms with E-state index in [2.05, 4.69) is 12.3 Å². The molecule has 3 amide bonds. The van der Waals surface area contributed by atoms with Gasteiger partial charge >= 0.3 is 6.03 Å². The van der Waals surface area contributed by atoms with E-state index >= 15 is 0 Å². The molecular formula is C22H25ClN6O3S. The van der Waals surface area contributed by atoms with Crippen LogP contribution in [0.1, 0.15) is 39.2 Å². The molecule has 9 nitrogen and oxygen atoms in total. The number of hydrogen-bond acceptors (Lipinski definition) is 6. The van der Waals surface area contributed by atoms with E-state index in [1.807, 2.05) is 19.9 Å². The van der Waals surface area contributed by atoms with Crippen molar-refractivity contribution >= 4 is 46.1 Å². The second kappa shape index (κ2) is 8.18. The van der Waals surface area contributed by atoms with Crippen LogP contribution in [-0.4, -0.2) is 58.4 Å². The summed E-state index contributed by atoms with van der Waals surface area (Å²) in [5.74, 6) is -0.197. The number of nitrogens with zero attached hydrogens (tertiary/aromatic N) is 5. The minimum atomic E-state index is -0.442. The number of fused-ring (bicyclic) bond motifs is 3. The summed E-state index contributed by atoms with van der Waals surface area (Å²) < 4.78 is 1.70. The van der Waals surface area contributed by atoms with Crippen LogP contribution in [0, 0.1) is 0 Å². The van der Waals surface area contributed by atoms with Crippen LogP contribution in [0.2, 0.25) is 5.02 Å². The molecule has 1 saturated heterocycles. The smallest absolute Gasteiger partial charge is 0.308 e. The molecular weight excluding hydrogens is 464 g/mol. The van der Waals surface area contributed by atoms with Crippen molar-refractivity contribution in [3.63, 3.8) is 0 Å². The van der Waals surface area contributed by atoms with Crippen LogP contribution in [0.4, 0.5) is 10.5 Å². The van der Waals surface area contributed by atoms with Crippen molar-refractivity contribution in [2.45, 2.75) is 45.9 Å². The first kappa shape index (κ1) is 22.0. The van der Waals surface area contributed by atoms with Gasteiger partial charge in [-0.2, -0.15) is 4.68 Å². The lowest BCUT2D eigenvalue weighted by Gasteiger charge is -2.28. The second-order valence-corrected chi connectivity index (χ2v) is 9.59. The molecule has 0 bridgehead atoms. The number of anilines is 1. The molecule has 11 heteroatoms. The van der Waals surface area contributed by atoms with E-state index in [-0.39, 0.29) is 17.5 Å². The highest BCUT2D eigenvalue weighted by molar-refractivity contribution is 7.07. The van der Waals surface area contributed by atoms with Crippen molar-refractivity contribution in [1.29, 1.82) is 0 Å². The molecule has 1 aromatic carbocycles. The maximum absolute atomic E-state index is 13.5. The summed E-state index contributed by atoms with van der Waals surface area (Å²) in [7, 11) is 0. The molecule has 33 heavy (non-hydrogen) atoms. The average molecular weight is 489 g/mol. The zero-order valence-electron chi connectivity index (χ0n) is 18.7. The standard InChI is InChI=1S/C22H25ClN6O3S/c1-4-7-10-28-14-9-8-12(23)11-13(14)15(19(28)30)16-20(31)29-21(33-16)24-17-18(25-29)27(6-3)22(32)26(17)5-2/h8-9,11,17-18,25H,4-7,10H2,1-3H3/b16-15-. The molecule has 1 fully saturated rings. The number of nitrogens with one attached hydrogen (secondary N) is 1. The highest BCUT2D eigenvalue weighted by Gasteiger charge is 2.47. The Hall–Kier alpha value is -2.85. The molecule has 1 N–H and O–H groups in total. The quantitative estimate of drug-likeness (QED) is 0.691. The van der Waals surface area contributed by atoms with Gasteiger partial charge in [-0.15, -0.1) is 0 Å². The number of halogens is 1. The number of hydrogen-bond donors (Lipinski definition) is 1. The first-order chi connectivity index (χ1) is 15.9. The Morgan fingerprint density at radius 1 is 1.12 bits per heavy atom. The number of amides is 3. The van der Waals surface area contributed by atoms with Gasteiger partial charge in [-0.05, 0) is 38.5 Å². The number of rotatable bonds is 5. The lowest BCUT2D eigenvalue weighted by molar-refractivity contribution is -0.113.